The first-order valence-electron chi connectivity index (χ1n) is 19.2. The Morgan fingerprint density at radius 1 is 0.745 bits per heavy atom. The maximum Gasteiger partial charge on any atom is 0.278 e. The number of nitrogens with one attached hydrogen (secondary N) is 1. The van der Waals surface area contributed by atoms with E-state index in [4.69, 9.17) is 10.3 Å². The van der Waals surface area contributed by atoms with Crippen LogP contribution in [0.1, 0.15) is 72.2 Å². The highest BCUT2D eigenvalue weighted by atomic mass is 16.2. The van der Waals surface area contributed by atoms with Crippen molar-refractivity contribution >= 4 is 11.9 Å². The lowest BCUT2D eigenvalue weighted by Gasteiger charge is -2.36. The largest absolute Gasteiger partial charge is 0.302 e. The zero-order valence-electron chi connectivity index (χ0n) is 30.7. The smallest absolute Gasteiger partial charge is 0.278 e. The summed E-state index contributed by atoms with van der Waals surface area (Å²) in [4.78, 5) is 31.6. The second-order valence-corrected chi connectivity index (χ2v) is 14.6. The fourth-order valence-corrected chi connectivity index (χ4v) is 8.38. The molecule has 55 heavy (non-hydrogen) atoms. The van der Waals surface area contributed by atoms with Gasteiger partial charge in [0.2, 0.25) is 11.9 Å². The van der Waals surface area contributed by atoms with Crippen molar-refractivity contribution in [2.75, 3.05) is 5.32 Å². The molecule has 1 saturated carbocycles. The number of nitrogens with zero attached hydrogens (tertiary/aromatic N) is 6. The number of rotatable bonds is 12. The summed E-state index contributed by atoms with van der Waals surface area (Å²) in [6.45, 7) is 2.14. The maximum atomic E-state index is 13.9. The number of hydrogen-bond donors (Lipinski definition) is 1. The topological polar surface area (TPSA) is 108 Å². The number of carbonyl (C=O) groups is 1. The van der Waals surface area contributed by atoms with Gasteiger partial charge in [0.15, 0.2) is 5.82 Å². The van der Waals surface area contributed by atoms with E-state index in [0.717, 1.165) is 70.3 Å². The van der Waals surface area contributed by atoms with Gasteiger partial charge in [0.1, 0.15) is 11.6 Å². The molecule has 3 heterocycles. The Labute approximate surface area is 319 Å². The van der Waals surface area contributed by atoms with Crippen LogP contribution in [0.4, 0.5) is 5.95 Å². The molecule has 1 N–H and O–H groups in total. The molecule has 5 aromatic carbocycles. The molecule has 1 aliphatic carbocycles. The molecule has 1 amide bonds. The highest BCUT2D eigenvalue weighted by molar-refractivity contribution is 5.96. The standard InChI is InChI=1S/C46H41N7O2/c1-2-3-24-40-39(43(54)47-45-48-44(55)41(52(40)45)33-26-27-33)30-31-25-28-37(32-16-8-4-9-17-32)38(29-31)42-49-50-51-53(42)46(34-18-10-5-11-19-34,35-20-12-6-13-21-35)36-22-14-7-15-23-36/h4-23,25,28-29,33,41H,2-3,24,26-27,30H2,1H3,(H,47,48,54,55). The Hall–Kier alpha value is -6.48. The summed E-state index contributed by atoms with van der Waals surface area (Å²) in [6.07, 6.45) is 4.90. The highest BCUT2D eigenvalue weighted by Crippen LogP contribution is 2.46. The van der Waals surface area contributed by atoms with Crippen LogP contribution < -0.4 is 10.9 Å². The van der Waals surface area contributed by atoms with Crippen LogP contribution in [-0.4, -0.2) is 35.7 Å². The molecule has 0 spiro atoms. The molecule has 1 fully saturated rings. The van der Waals surface area contributed by atoms with Crippen LogP contribution in [0, 0.1) is 5.92 Å². The van der Waals surface area contributed by atoms with Crippen molar-refractivity contribution in [2.24, 2.45) is 5.92 Å². The van der Waals surface area contributed by atoms with Crippen molar-refractivity contribution in [3.8, 4) is 22.5 Å². The lowest BCUT2D eigenvalue weighted by atomic mass is 9.76. The van der Waals surface area contributed by atoms with Gasteiger partial charge in [0, 0.05) is 23.2 Å². The molecule has 0 saturated heterocycles. The molecule has 9 heteroatoms. The Morgan fingerprint density at radius 3 is 1.93 bits per heavy atom. The second-order valence-electron chi connectivity index (χ2n) is 14.6. The van der Waals surface area contributed by atoms with E-state index < -0.39 is 5.54 Å². The number of benzene rings is 5. The zero-order valence-corrected chi connectivity index (χ0v) is 30.7. The number of aromatic nitrogens is 6. The van der Waals surface area contributed by atoms with Gasteiger partial charge >= 0.3 is 0 Å². The van der Waals surface area contributed by atoms with Gasteiger partial charge < -0.3 is 4.57 Å². The number of hydrogen-bond acceptors (Lipinski definition) is 6. The fraction of sp³-hybridized carbons (Fsp3) is 0.217. The van der Waals surface area contributed by atoms with E-state index in [2.05, 4.69) is 89.2 Å². The molecule has 272 valence electrons. The molecule has 1 unspecified atom stereocenters. The molecule has 7 aromatic rings. The summed E-state index contributed by atoms with van der Waals surface area (Å²) in [5.41, 5.74) is 7.03. The first kappa shape index (κ1) is 34.3. The van der Waals surface area contributed by atoms with Crippen molar-refractivity contribution in [3.05, 3.63) is 183 Å². The summed E-state index contributed by atoms with van der Waals surface area (Å²) in [7, 11) is 0. The van der Waals surface area contributed by atoms with E-state index in [1.165, 1.54) is 0 Å². The van der Waals surface area contributed by atoms with E-state index in [-0.39, 0.29) is 23.4 Å². The van der Waals surface area contributed by atoms with Gasteiger partial charge in [-0.2, -0.15) is 4.98 Å². The number of unbranched alkanes of at least 4 members (excludes halogenated alkanes) is 1. The summed E-state index contributed by atoms with van der Waals surface area (Å²) in [5.74, 6) is 1.16. The minimum Gasteiger partial charge on any atom is -0.302 e. The Kier molecular flexibility index (Phi) is 8.98. The number of carbonyl (C=O) groups excluding carboxylic acids is 1. The zero-order chi connectivity index (χ0) is 37.4. The fourth-order valence-electron chi connectivity index (χ4n) is 8.38. The second kappa shape index (κ2) is 14.4. The van der Waals surface area contributed by atoms with Crippen LogP contribution in [0.3, 0.4) is 0 Å². The normalized spacial score (nSPS) is 15.1. The quantitative estimate of drug-likeness (QED) is 0.127. The van der Waals surface area contributed by atoms with Gasteiger partial charge in [-0.25, -0.2) is 4.68 Å². The van der Waals surface area contributed by atoms with Crippen LogP contribution in [0.2, 0.25) is 0 Å². The minimum absolute atomic E-state index is 0.0654. The lowest BCUT2D eigenvalue weighted by molar-refractivity contribution is -0.118. The first-order chi connectivity index (χ1) is 27.1. The van der Waals surface area contributed by atoms with Crippen LogP contribution >= 0.6 is 0 Å². The molecule has 2 aromatic heterocycles. The monoisotopic (exact) mass is 723 g/mol. The Bertz CT molecular complexity index is 2430. The molecule has 0 radical (unpaired) electrons. The van der Waals surface area contributed by atoms with Gasteiger partial charge in [-0.3, -0.25) is 14.9 Å². The van der Waals surface area contributed by atoms with Gasteiger partial charge in [0.25, 0.3) is 5.56 Å². The average Bonchev–Trinajstić information content (AvgIpc) is 3.85. The average molecular weight is 724 g/mol. The number of amides is 1. The molecule has 9 rings (SSSR count). The van der Waals surface area contributed by atoms with Crippen molar-refractivity contribution in [2.45, 2.75) is 57.0 Å². The van der Waals surface area contributed by atoms with E-state index in [1.54, 1.807) is 0 Å². The highest BCUT2D eigenvalue weighted by Gasteiger charge is 2.45. The van der Waals surface area contributed by atoms with Gasteiger partial charge in [-0.15, -0.1) is 5.10 Å². The third kappa shape index (κ3) is 6.06. The number of fused-ring (bicyclic) bond motifs is 1. The molecular formula is C46H41N7O2. The van der Waals surface area contributed by atoms with E-state index in [9.17, 15) is 9.59 Å². The third-order valence-corrected chi connectivity index (χ3v) is 11.1. The third-order valence-electron chi connectivity index (χ3n) is 11.1. The number of tetrazole rings is 1. The van der Waals surface area contributed by atoms with Crippen LogP contribution in [0.25, 0.3) is 22.5 Å². The van der Waals surface area contributed by atoms with Gasteiger partial charge in [-0.1, -0.05) is 147 Å². The van der Waals surface area contributed by atoms with Crippen molar-refractivity contribution < 1.29 is 4.79 Å². The van der Waals surface area contributed by atoms with Crippen LogP contribution in [0.5, 0.6) is 0 Å². The SMILES string of the molecule is CCCCc1c(Cc2ccc(-c3ccccc3)c(-c3nnnn3C(c3ccccc3)(c3ccccc3)c3ccccc3)c2)c(=O)nc2n1C(C1CC1)C(=O)N2. The predicted octanol–water partition coefficient (Wildman–Crippen LogP) is 8.24. The van der Waals surface area contributed by atoms with Gasteiger partial charge in [0.05, 0.1) is 0 Å². The first-order valence-corrected chi connectivity index (χ1v) is 19.2. The molecule has 2 aliphatic rings. The number of anilines is 1. The molecule has 1 aliphatic heterocycles. The molecule has 9 nitrogen and oxygen atoms in total. The predicted molar refractivity (Wildman–Crippen MR) is 214 cm³/mol. The molecule has 0 bridgehead atoms. The van der Waals surface area contributed by atoms with E-state index in [1.807, 2.05) is 82.0 Å². The summed E-state index contributed by atoms with van der Waals surface area (Å²) < 4.78 is 3.99. The summed E-state index contributed by atoms with van der Waals surface area (Å²) >= 11 is 0. The van der Waals surface area contributed by atoms with Crippen LogP contribution in [-0.2, 0) is 23.2 Å². The van der Waals surface area contributed by atoms with Crippen molar-refractivity contribution in [3.63, 3.8) is 0 Å². The molecular weight excluding hydrogens is 683 g/mol. The van der Waals surface area contributed by atoms with E-state index >= 15 is 0 Å². The maximum absolute atomic E-state index is 13.9. The van der Waals surface area contributed by atoms with E-state index in [0.29, 0.717) is 30.2 Å². The summed E-state index contributed by atoms with van der Waals surface area (Å²) in [5, 5.41) is 17.0. The van der Waals surface area contributed by atoms with Crippen molar-refractivity contribution in [1.29, 1.82) is 0 Å². The molecule has 1 atom stereocenters. The Morgan fingerprint density at radius 2 is 1.35 bits per heavy atom. The van der Waals surface area contributed by atoms with Crippen LogP contribution in [0.15, 0.2) is 144 Å². The Balaban J connectivity index is 1.26. The minimum atomic E-state index is -0.944. The van der Waals surface area contributed by atoms with Crippen molar-refractivity contribution in [1.82, 2.24) is 29.8 Å². The summed E-state index contributed by atoms with van der Waals surface area (Å²) in [6, 6.07) is 47.3. The van der Waals surface area contributed by atoms with Gasteiger partial charge in [-0.05, 0) is 81.5 Å². The lowest BCUT2D eigenvalue weighted by Crippen LogP contribution is -2.39.